The van der Waals surface area contributed by atoms with E-state index in [1.54, 1.807) is 29.4 Å². The summed E-state index contributed by atoms with van der Waals surface area (Å²) >= 11 is 0. The quantitative estimate of drug-likeness (QED) is 0.812. The van der Waals surface area contributed by atoms with Crippen LogP contribution in [0.3, 0.4) is 0 Å². The van der Waals surface area contributed by atoms with E-state index in [1.165, 1.54) is 12.1 Å². The van der Waals surface area contributed by atoms with Crippen LogP contribution in [0, 0.1) is 17.7 Å². The van der Waals surface area contributed by atoms with Gasteiger partial charge in [0.2, 0.25) is 5.91 Å². The third-order valence-corrected chi connectivity index (χ3v) is 5.12. The van der Waals surface area contributed by atoms with Gasteiger partial charge in [0, 0.05) is 31.4 Å². The zero-order valence-electron chi connectivity index (χ0n) is 15.1. The molecule has 1 heterocycles. The van der Waals surface area contributed by atoms with E-state index >= 15 is 0 Å². The summed E-state index contributed by atoms with van der Waals surface area (Å²) in [6.45, 7) is 0.926. The molecule has 6 heteroatoms. The molecule has 1 N–H and O–H groups in total. The van der Waals surface area contributed by atoms with Crippen molar-refractivity contribution in [1.29, 1.82) is 0 Å². The lowest BCUT2D eigenvalue weighted by Crippen LogP contribution is -2.36. The summed E-state index contributed by atoms with van der Waals surface area (Å²) in [6.07, 6.45) is 5.57. The first-order valence-electron chi connectivity index (χ1n) is 9.18. The van der Waals surface area contributed by atoms with Crippen LogP contribution in [0.1, 0.15) is 30.4 Å². The van der Waals surface area contributed by atoms with E-state index in [2.05, 4.69) is 4.98 Å². The van der Waals surface area contributed by atoms with Gasteiger partial charge in [0.1, 0.15) is 5.82 Å². The Labute approximate surface area is 157 Å². The standard InChI is InChI=1S/C21H23FN2O3/c22-19-7-3-15(4-8-19)9-11-24(14-16-2-1-10-23-13-16)20(25)17-5-6-18(12-17)21(26)27/h1-4,7-8,10,13,17-18H,5-6,9,11-12,14H2,(H,26,27)/t17-,18+/m1/s1. The number of amides is 1. The molecule has 3 rings (SSSR count). The average molecular weight is 370 g/mol. The molecule has 0 radical (unpaired) electrons. The largest absolute Gasteiger partial charge is 0.481 e. The molecule has 1 aliphatic carbocycles. The van der Waals surface area contributed by atoms with Gasteiger partial charge in [0.05, 0.1) is 5.92 Å². The van der Waals surface area contributed by atoms with Crippen LogP contribution in [0.5, 0.6) is 0 Å². The predicted octanol–water partition coefficient (Wildman–Crippen LogP) is 3.29. The number of halogens is 1. The SMILES string of the molecule is O=C(O)[C@H]1CC[C@@H](C(=O)N(CCc2ccc(F)cc2)Cc2cccnc2)C1. The maximum absolute atomic E-state index is 13.1. The molecule has 1 saturated carbocycles. The number of aliphatic carboxylic acids is 1. The Morgan fingerprint density at radius 3 is 2.48 bits per heavy atom. The predicted molar refractivity (Wildman–Crippen MR) is 98.2 cm³/mol. The lowest BCUT2D eigenvalue weighted by Gasteiger charge is -2.26. The van der Waals surface area contributed by atoms with E-state index in [0.717, 1.165) is 11.1 Å². The van der Waals surface area contributed by atoms with Crippen molar-refractivity contribution in [3.05, 3.63) is 65.7 Å². The van der Waals surface area contributed by atoms with Gasteiger partial charge < -0.3 is 10.0 Å². The third-order valence-electron chi connectivity index (χ3n) is 5.12. The Kier molecular flexibility index (Phi) is 6.16. The fraction of sp³-hybridized carbons (Fsp3) is 0.381. The number of carboxylic acid groups (broad SMARTS) is 1. The van der Waals surface area contributed by atoms with E-state index in [1.807, 2.05) is 12.1 Å². The van der Waals surface area contributed by atoms with Crippen LogP contribution in [0.2, 0.25) is 0 Å². The fourth-order valence-electron chi connectivity index (χ4n) is 3.58. The van der Waals surface area contributed by atoms with E-state index in [4.69, 9.17) is 0 Å². The molecule has 0 spiro atoms. The van der Waals surface area contributed by atoms with Crippen molar-refractivity contribution in [1.82, 2.24) is 9.88 Å². The summed E-state index contributed by atoms with van der Waals surface area (Å²) in [7, 11) is 0. The van der Waals surface area contributed by atoms with Gasteiger partial charge in [-0.3, -0.25) is 14.6 Å². The minimum Gasteiger partial charge on any atom is -0.481 e. The molecule has 0 aliphatic heterocycles. The second-order valence-electron chi connectivity index (χ2n) is 7.04. The highest BCUT2D eigenvalue weighted by Gasteiger charge is 2.35. The van der Waals surface area contributed by atoms with Crippen molar-refractivity contribution in [2.24, 2.45) is 11.8 Å². The summed E-state index contributed by atoms with van der Waals surface area (Å²) in [6, 6.07) is 10.0. The number of benzene rings is 1. The summed E-state index contributed by atoms with van der Waals surface area (Å²) in [5, 5.41) is 9.20. The number of hydrogen-bond acceptors (Lipinski definition) is 3. The molecule has 1 amide bonds. The molecule has 142 valence electrons. The smallest absolute Gasteiger partial charge is 0.306 e. The summed E-state index contributed by atoms with van der Waals surface area (Å²) in [5.74, 6) is -1.81. The molecule has 1 aromatic carbocycles. The third kappa shape index (κ3) is 5.12. The highest BCUT2D eigenvalue weighted by Crippen LogP contribution is 2.32. The number of carbonyl (C=O) groups is 2. The molecular formula is C21H23FN2O3. The molecule has 0 saturated heterocycles. The molecule has 5 nitrogen and oxygen atoms in total. The van der Waals surface area contributed by atoms with E-state index < -0.39 is 11.9 Å². The van der Waals surface area contributed by atoms with Crippen molar-refractivity contribution in [3.8, 4) is 0 Å². The van der Waals surface area contributed by atoms with E-state index in [9.17, 15) is 19.1 Å². The van der Waals surface area contributed by atoms with E-state index in [0.29, 0.717) is 38.8 Å². The number of carboxylic acids is 1. The maximum atomic E-state index is 13.1. The van der Waals surface area contributed by atoms with Crippen LogP contribution in [0.15, 0.2) is 48.8 Å². The Balaban J connectivity index is 1.69. The van der Waals surface area contributed by atoms with Gasteiger partial charge in [-0.2, -0.15) is 0 Å². The van der Waals surface area contributed by atoms with Gasteiger partial charge in [0.25, 0.3) is 0 Å². The monoisotopic (exact) mass is 370 g/mol. The molecule has 0 bridgehead atoms. The highest BCUT2D eigenvalue weighted by molar-refractivity contribution is 5.81. The van der Waals surface area contributed by atoms with Crippen LogP contribution in [-0.4, -0.2) is 33.4 Å². The van der Waals surface area contributed by atoms with Crippen molar-refractivity contribution in [2.45, 2.75) is 32.2 Å². The number of nitrogens with zero attached hydrogens (tertiary/aromatic N) is 2. The molecule has 0 unspecified atom stereocenters. The zero-order valence-corrected chi connectivity index (χ0v) is 15.1. The van der Waals surface area contributed by atoms with Crippen LogP contribution in [0.25, 0.3) is 0 Å². The number of carbonyl (C=O) groups excluding carboxylic acids is 1. The van der Waals surface area contributed by atoms with Crippen molar-refractivity contribution in [2.75, 3.05) is 6.54 Å². The van der Waals surface area contributed by atoms with Gasteiger partial charge in [-0.25, -0.2) is 4.39 Å². The van der Waals surface area contributed by atoms with Crippen LogP contribution in [0.4, 0.5) is 4.39 Å². The average Bonchev–Trinajstić information content (AvgIpc) is 3.17. The Bertz CT molecular complexity index is 780. The van der Waals surface area contributed by atoms with Crippen molar-refractivity contribution < 1.29 is 19.1 Å². The number of pyridine rings is 1. The normalized spacial score (nSPS) is 19.0. The topological polar surface area (TPSA) is 70.5 Å². The lowest BCUT2D eigenvalue weighted by molar-refractivity contribution is -0.141. The summed E-state index contributed by atoms with van der Waals surface area (Å²) in [4.78, 5) is 30.1. The first-order chi connectivity index (χ1) is 13.0. The number of aromatic nitrogens is 1. The highest BCUT2D eigenvalue weighted by atomic mass is 19.1. The first-order valence-corrected chi connectivity index (χ1v) is 9.18. The molecule has 2 atom stereocenters. The van der Waals surface area contributed by atoms with Gasteiger partial charge in [-0.15, -0.1) is 0 Å². The fourth-order valence-corrected chi connectivity index (χ4v) is 3.58. The Hall–Kier alpha value is -2.76. The minimum absolute atomic E-state index is 0.00952. The van der Waals surface area contributed by atoms with Crippen LogP contribution < -0.4 is 0 Å². The summed E-state index contributed by atoms with van der Waals surface area (Å²) < 4.78 is 13.1. The zero-order chi connectivity index (χ0) is 19.2. The summed E-state index contributed by atoms with van der Waals surface area (Å²) in [5.41, 5.74) is 1.88. The molecule has 2 aromatic rings. The van der Waals surface area contributed by atoms with Gasteiger partial charge in [0.15, 0.2) is 0 Å². The molecule has 1 aromatic heterocycles. The van der Waals surface area contributed by atoms with Gasteiger partial charge in [-0.1, -0.05) is 18.2 Å². The molecular weight excluding hydrogens is 347 g/mol. The minimum atomic E-state index is -0.824. The Morgan fingerprint density at radius 2 is 1.85 bits per heavy atom. The first kappa shape index (κ1) is 19.0. The second-order valence-corrected chi connectivity index (χ2v) is 7.04. The maximum Gasteiger partial charge on any atom is 0.306 e. The molecule has 1 aliphatic rings. The van der Waals surface area contributed by atoms with Crippen LogP contribution in [-0.2, 0) is 22.6 Å². The van der Waals surface area contributed by atoms with Crippen LogP contribution >= 0.6 is 0 Å². The van der Waals surface area contributed by atoms with Crippen molar-refractivity contribution in [3.63, 3.8) is 0 Å². The lowest BCUT2D eigenvalue weighted by atomic mass is 10.0. The Morgan fingerprint density at radius 1 is 1.11 bits per heavy atom. The van der Waals surface area contributed by atoms with Gasteiger partial charge in [-0.05, 0) is 55.0 Å². The second kappa shape index (κ2) is 8.75. The van der Waals surface area contributed by atoms with Crippen molar-refractivity contribution >= 4 is 11.9 Å². The molecule has 27 heavy (non-hydrogen) atoms. The van der Waals surface area contributed by atoms with E-state index in [-0.39, 0.29) is 17.6 Å². The number of rotatable bonds is 7. The van der Waals surface area contributed by atoms with Gasteiger partial charge >= 0.3 is 5.97 Å². The molecule has 1 fully saturated rings. The number of hydrogen-bond donors (Lipinski definition) is 1.